The van der Waals surface area contributed by atoms with Crippen molar-refractivity contribution in [3.63, 3.8) is 0 Å². The van der Waals surface area contributed by atoms with Crippen LogP contribution in [0.5, 0.6) is 0 Å². The number of hydrogen-bond donors (Lipinski definition) is 2. The van der Waals surface area contributed by atoms with Crippen molar-refractivity contribution in [3.05, 3.63) is 39.4 Å². The smallest absolute Gasteiger partial charge is 0.275 e. The SMILES string of the molecule is [2H]CCCC(=O)NCc1ccc([N+](=O)[O-])c(C(C)OP(C)OC)c1.[3H]OC. The number of aliphatic hydroxyl groups is 1. The van der Waals surface area contributed by atoms with Gasteiger partial charge < -0.3 is 19.5 Å². The van der Waals surface area contributed by atoms with Crippen molar-refractivity contribution in [2.24, 2.45) is 0 Å². The number of benzene rings is 1. The summed E-state index contributed by atoms with van der Waals surface area (Å²) < 4.78 is 23.5. The van der Waals surface area contributed by atoms with E-state index in [4.69, 9.17) is 11.8 Å². The van der Waals surface area contributed by atoms with Gasteiger partial charge in [-0.2, -0.15) is 0 Å². The van der Waals surface area contributed by atoms with Gasteiger partial charge in [-0.25, -0.2) is 0 Å². The molecular formula is C16H27N2O6P. The van der Waals surface area contributed by atoms with E-state index in [1.807, 2.05) is 0 Å². The van der Waals surface area contributed by atoms with Crippen LogP contribution in [0.4, 0.5) is 5.69 Å². The van der Waals surface area contributed by atoms with Crippen LogP contribution in [0.2, 0.25) is 0 Å². The Bertz CT molecular complexity index is 594. The number of nitro benzene ring substituents is 1. The van der Waals surface area contributed by atoms with Crippen molar-refractivity contribution in [1.29, 1.82) is 1.43 Å². The van der Waals surface area contributed by atoms with Gasteiger partial charge in [0.05, 0.1) is 16.6 Å². The zero-order chi connectivity index (χ0) is 20.8. The summed E-state index contributed by atoms with van der Waals surface area (Å²) in [7, 11) is 1.70. The van der Waals surface area contributed by atoms with E-state index in [1.165, 1.54) is 20.3 Å². The van der Waals surface area contributed by atoms with Crippen LogP contribution in [0.1, 0.15) is 45.3 Å². The number of aliphatic hydroxyl groups excluding tert-OH is 1. The number of rotatable bonds is 9. The Balaban J connectivity index is 0.00000210. The Morgan fingerprint density at radius 2 is 2.32 bits per heavy atom. The largest absolute Gasteiger partial charge is 0.400 e. The van der Waals surface area contributed by atoms with Gasteiger partial charge in [0.15, 0.2) is 8.38 Å². The van der Waals surface area contributed by atoms with E-state index in [9.17, 15) is 14.9 Å². The van der Waals surface area contributed by atoms with Gasteiger partial charge in [-0.05, 0) is 25.0 Å². The second-order valence-corrected chi connectivity index (χ2v) is 6.36. The van der Waals surface area contributed by atoms with Crippen LogP contribution in [0, 0.1) is 10.1 Å². The minimum atomic E-state index is -1.12. The van der Waals surface area contributed by atoms with Crippen LogP contribution in [0.3, 0.4) is 0 Å². The minimum absolute atomic E-state index is 0.0220. The number of hydrogen-bond acceptors (Lipinski definition) is 6. The first-order chi connectivity index (χ1) is 12.8. The molecule has 0 saturated heterocycles. The maximum Gasteiger partial charge on any atom is 0.275 e. The quantitative estimate of drug-likeness (QED) is 0.388. The second kappa shape index (κ2) is 12.7. The molecule has 0 aliphatic rings. The van der Waals surface area contributed by atoms with Gasteiger partial charge in [0.1, 0.15) is 0 Å². The van der Waals surface area contributed by atoms with Gasteiger partial charge in [0.2, 0.25) is 7.34 Å². The van der Waals surface area contributed by atoms with Gasteiger partial charge >= 0.3 is 0 Å². The standard InChI is InChI=1S/C15H23N2O5P.CH4O/c1-5-6-15(18)16-10-12-7-8-14(17(19)20)13(9-12)11(2)22-23(4)21-3;1-2/h7-9,11H,5-6,10H2,1-4H3,(H,16,18);2H,1H3/i1D;2T. The zero-order valence-corrected chi connectivity index (χ0v) is 15.9. The molecule has 2 N–H and O–H groups in total. The maximum atomic E-state index is 11.6. The highest BCUT2D eigenvalue weighted by Crippen LogP contribution is 2.41. The molecule has 1 aromatic rings. The zero-order valence-electron chi connectivity index (χ0n) is 17.0. The molecule has 0 aliphatic heterocycles. The molecule has 2 atom stereocenters. The molecule has 1 amide bonds. The summed E-state index contributed by atoms with van der Waals surface area (Å²) in [6, 6.07) is 4.71. The average Bonchev–Trinajstić information content (AvgIpc) is 2.64. The third kappa shape index (κ3) is 8.36. The van der Waals surface area contributed by atoms with Gasteiger partial charge in [-0.15, -0.1) is 0 Å². The Morgan fingerprint density at radius 1 is 1.64 bits per heavy atom. The Morgan fingerprint density at radius 3 is 2.88 bits per heavy atom. The van der Waals surface area contributed by atoms with Crippen molar-refractivity contribution in [2.75, 3.05) is 20.9 Å². The lowest BCUT2D eigenvalue weighted by Crippen LogP contribution is -2.22. The fourth-order valence-electron chi connectivity index (χ4n) is 1.98. The molecule has 0 heterocycles. The summed E-state index contributed by atoms with van der Waals surface area (Å²) in [5.74, 6) is -0.136. The number of nitrogens with one attached hydrogen (secondary N) is 1. The molecular weight excluding hydrogens is 347 g/mol. The van der Waals surface area contributed by atoms with Crippen LogP contribution < -0.4 is 5.32 Å². The molecule has 0 spiro atoms. The number of carbonyl (C=O) groups excluding carboxylic acids is 1. The number of amides is 1. The molecule has 8 nitrogen and oxygen atoms in total. The van der Waals surface area contributed by atoms with E-state index in [-0.39, 0.29) is 25.0 Å². The lowest BCUT2D eigenvalue weighted by atomic mass is 10.0. The summed E-state index contributed by atoms with van der Waals surface area (Å²) in [4.78, 5) is 22.4. The number of nitro groups is 1. The summed E-state index contributed by atoms with van der Waals surface area (Å²) in [5, 5.41) is 17.5. The summed E-state index contributed by atoms with van der Waals surface area (Å²) in [6.45, 7) is 3.99. The number of carbonyl (C=O) groups is 1. The third-order valence-corrected chi connectivity index (χ3v) is 4.31. The molecule has 25 heavy (non-hydrogen) atoms. The molecule has 0 radical (unpaired) electrons. The van der Waals surface area contributed by atoms with Crippen LogP contribution in [0.15, 0.2) is 18.2 Å². The van der Waals surface area contributed by atoms with Gasteiger partial charge in [0, 0.05) is 41.3 Å². The molecule has 1 aromatic carbocycles. The highest BCUT2D eigenvalue weighted by Gasteiger charge is 2.22. The highest BCUT2D eigenvalue weighted by atomic mass is 31.2. The molecule has 2 unspecified atom stereocenters. The van der Waals surface area contributed by atoms with Crippen LogP contribution in [0.25, 0.3) is 0 Å². The first kappa shape index (κ1) is 19.7. The van der Waals surface area contributed by atoms with Crippen molar-refractivity contribution in [3.8, 4) is 0 Å². The maximum absolute atomic E-state index is 11.6. The van der Waals surface area contributed by atoms with Gasteiger partial charge in [-0.3, -0.25) is 14.9 Å². The predicted molar refractivity (Wildman–Crippen MR) is 97.3 cm³/mol. The molecule has 142 valence electrons. The van der Waals surface area contributed by atoms with Gasteiger partial charge in [-0.1, -0.05) is 13.0 Å². The first-order valence-corrected chi connectivity index (χ1v) is 9.20. The van der Waals surface area contributed by atoms with Crippen LogP contribution >= 0.6 is 8.38 Å². The van der Waals surface area contributed by atoms with E-state index in [0.29, 0.717) is 18.4 Å². The molecule has 0 aliphatic carbocycles. The van der Waals surface area contributed by atoms with E-state index < -0.39 is 19.4 Å². The Labute approximate surface area is 152 Å². The molecule has 1 rings (SSSR count). The van der Waals surface area contributed by atoms with E-state index in [0.717, 1.165) is 5.56 Å². The van der Waals surface area contributed by atoms with Gasteiger partial charge in [0.25, 0.3) is 5.69 Å². The van der Waals surface area contributed by atoms with Crippen LogP contribution in [-0.4, -0.2) is 38.3 Å². The molecule has 0 bridgehead atoms. The fourth-order valence-corrected chi connectivity index (χ4v) is 2.62. The average molecular weight is 377 g/mol. The molecule has 0 aromatic heterocycles. The fraction of sp³-hybridized carbons (Fsp3) is 0.562. The topological polar surface area (TPSA) is 111 Å². The summed E-state index contributed by atoms with van der Waals surface area (Å²) in [5.41, 5.74) is 1.18. The van der Waals surface area contributed by atoms with Crippen LogP contribution in [-0.2, 0) is 20.4 Å². The first-order valence-electron chi connectivity index (χ1n) is 8.69. The summed E-state index contributed by atoms with van der Waals surface area (Å²) in [6.07, 6.45) is 0.316. The molecule has 0 fully saturated rings. The lowest BCUT2D eigenvalue weighted by Gasteiger charge is -2.18. The normalized spacial score (nSPS) is 13.6. The predicted octanol–water partition coefficient (Wildman–Crippen LogP) is 3.29. The van der Waals surface area contributed by atoms with E-state index in [1.54, 1.807) is 25.7 Å². The lowest BCUT2D eigenvalue weighted by molar-refractivity contribution is -0.386. The molecule has 9 heteroatoms. The summed E-state index contributed by atoms with van der Waals surface area (Å²) >= 11 is 0. The second-order valence-electron chi connectivity index (χ2n) is 4.90. The van der Waals surface area contributed by atoms with Crippen molar-refractivity contribution >= 4 is 20.0 Å². The van der Waals surface area contributed by atoms with E-state index in [2.05, 4.69) is 10.4 Å². The molecule has 0 saturated carbocycles. The minimum Gasteiger partial charge on any atom is -0.400 e. The Hall–Kier alpha value is -1.60. The highest BCUT2D eigenvalue weighted by molar-refractivity contribution is 7.46. The third-order valence-electron chi connectivity index (χ3n) is 3.18. The van der Waals surface area contributed by atoms with E-state index >= 15 is 0 Å². The van der Waals surface area contributed by atoms with Crippen molar-refractivity contribution < 1.29 is 25.2 Å². The Kier molecular flexibility index (Phi) is 10.0. The monoisotopic (exact) mass is 377 g/mol. The van der Waals surface area contributed by atoms with Crippen molar-refractivity contribution in [1.82, 2.24) is 5.32 Å². The number of nitrogens with zero attached hydrogens (tertiary/aromatic N) is 1. The van der Waals surface area contributed by atoms with Crippen molar-refractivity contribution in [2.45, 2.75) is 39.3 Å².